The Morgan fingerprint density at radius 1 is 1.32 bits per heavy atom. The van der Waals surface area contributed by atoms with E-state index in [0.717, 1.165) is 28.8 Å². The summed E-state index contributed by atoms with van der Waals surface area (Å²) in [7, 11) is 0. The van der Waals surface area contributed by atoms with Gasteiger partial charge in [0.1, 0.15) is 0 Å². The molecule has 102 valence electrons. The fourth-order valence-corrected chi connectivity index (χ4v) is 3.75. The van der Waals surface area contributed by atoms with Gasteiger partial charge in [0.2, 0.25) is 0 Å². The Morgan fingerprint density at radius 2 is 2.16 bits per heavy atom. The second-order valence-corrected chi connectivity index (χ2v) is 6.81. The number of nitrogens with zero attached hydrogens (tertiary/aromatic N) is 2. The van der Waals surface area contributed by atoms with Crippen molar-refractivity contribution in [3.8, 4) is 0 Å². The van der Waals surface area contributed by atoms with Gasteiger partial charge < -0.3 is 4.90 Å². The molecule has 1 aromatic rings. The molecule has 0 radical (unpaired) electrons. The van der Waals surface area contributed by atoms with Crippen LogP contribution in [0.4, 0.5) is 0 Å². The van der Waals surface area contributed by atoms with Crippen molar-refractivity contribution in [1.82, 2.24) is 9.80 Å². The van der Waals surface area contributed by atoms with E-state index in [1.54, 1.807) is 6.07 Å². The fourth-order valence-electron chi connectivity index (χ4n) is 3.01. The highest BCUT2D eigenvalue weighted by Crippen LogP contribution is 2.24. The Kier molecular flexibility index (Phi) is 4.01. The number of halogens is 2. The zero-order valence-corrected chi connectivity index (χ0v) is 13.5. The van der Waals surface area contributed by atoms with E-state index in [9.17, 15) is 4.79 Å². The summed E-state index contributed by atoms with van der Waals surface area (Å²) in [6.07, 6.45) is 2.48. The standard InChI is InChI=1S/C14H16ClIN2O/c15-10-3-4-13(16)12(8-10)14(19)18-7-6-17-5-1-2-11(17)9-18/h3-4,8,11H,1-2,5-7,9H2. The molecule has 0 saturated carbocycles. The zero-order valence-electron chi connectivity index (χ0n) is 10.6. The number of piperazine rings is 1. The summed E-state index contributed by atoms with van der Waals surface area (Å²) >= 11 is 8.21. The fraction of sp³-hybridized carbons (Fsp3) is 0.500. The van der Waals surface area contributed by atoms with E-state index in [0.29, 0.717) is 11.1 Å². The number of fused-ring (bicyclic) bond motifs is 1. The maximum absolute atomic E-state index is 12.6. The van der Waals surface area contributed by atoms with Gasteiger partial charge in [0.15, 0.2) is 0 Å². The summed E-state index contributed by atoms with van der Waals surface area (Å²) in [4.78, 5) is 17.1. The lowest BCUT2D eigenvalue weighted by Gasteiger charge is -2.37. The molecule has 3 rings (SSSR count). The van der Waals surface area contributed by atoms with Crippen molar-refractivity contribution >= 4 is 40.1 Å². The van der Waals surface area contributed by atoms with E-state index in [1.165, 1.54) is 19.4 Å². The van der Waals surface area contributed by atoms with Gasteiger partial charge in [0, 0.05) is 34.3 Å². The molecule has 1 atom stereocenters. The molecule has 0 spiro atoms. The van der Waals surface area contributed by atoms with Crippen LogP contribution >= 0.6 is 34.2 Å². The molecule has 2 saturated heterocycles. The van der Waals surface area contributed by atoms with Crippen LogP contribution in [0.15, 0.2) is 18.2 Å². The Hall–Kier alpha value is -0.330. The monoisotopic (exact) mass is 390 g/mol. The Morgan fingerprint density at radius 3 is 3.00 bits per heavy atom. The van der Waals surface area contributed by atoms with Crippen LogP contribution in [0.1, 0.15) is 23.2 Å². The van der Waals surface area contributed by atoms with Crippen molar-refractivity contribution in [2.75, 3.05) is 26.2 Å². The molecule has 0 N–H and O–H groups in total. The van der Waals surface area contributed by atoms with E-state index >= 15 is 0 Å². The number of carbonyl (C=O) groups is 1. The number of carbonyl (C=O) groups excluding carboxylic acids is 1. The van der Waals surface area contributed by atoms with Gasteiger partial charge >= 0.3 is 0 Å². The van der Waals surface area contributed by atoms with Crippen LogP contribution < -0.4 is 0 Å². The molecule has 2 heterocycles. The molecule has 2 fully saturated rings. The van der Waals surface area contributed by atoms with Gasteiger partial charge in [-0.25, -0.2) is 0 Å². The van der Waals surface area contributed by atoms with Crippen molar-refractivity contribution in [2.24, 2.45) is 0 Å². The Labute approximate surface area is 132 Å². The van der Waals surface area contributed by atoms with E-state index in [2.05, 4.69) is 27.5 Å². The molecule has 19 heavy (non-hydrogen) atoms. The summed E-state index contributed by atoms with van der Waals surface area (Å²) in [5.74, 6) is 0.124. The first-order chi connectivity index (χ1) is 9.15. The normalized spacial score (nSPS) is 23.5. The molecule has 5 heteroatoms. The minimum absolute atomic E-state index is 0.124. The van der Waals surface area contributed by atoms with Gasteiger partial charge in [-0.1, -0.05) is 11.6 Å². The SMILES string of the molecule is O=C(c1cc(Cl)ccc1I)N1CCN2CCCC2C1. The van der Waals surface area contributed by atoms with Crippen molar-refractivity contribution < 1.29 is 4.79 Å². The lowest BCUT2D eigenvalue weighted by Crippen LogP contribution is -2.52. The summed E-state index contributed by atoms with van der Waals surface area (Å²) in [6.45, 7) is 3.90. The van der Waals surface area contributed by atoms with Crippen molar-refractivity contribution in [1.29, 1.82) is 0 Å². The molecule has 3 nitrogen and oxygen atoms in total. The molecule has 2 aliphatic rings. The lowest BCUT2D eigenvalue weighted by atomic mass is 10.1. The molecule has 1 amide bonds. The Balaban J connectivity index is 1.78. The van der Waals surface area contributed by atoms with Gasteiger partial charge in [0.05, 0.1) is 5.56 Å². The first-order valence-electron chi connectivity index (χ1n) is 6.63. The van der Waals surface area contributed by atoms with Crippen LogP contribution in [0, 0.1) is 3.57 Å². The number of benzene rings is 1. The van der Waals surface area contributed by atoms with Crippen molar-refractivity contribution in [2.45, 2.75) is 18.9 Å². The number of hydrogen-bond donors (Lipinski definition) is 0. The topological polar surface area (TPSA) is 23.6 Å². The highest BCUT2D eigenvalue weighted by molar-refractivity contribution is 14.1. The van der Waals surface area contributed by atoms with E-state index in [-0.39, 0.29) is 5.91 Å². The maximum Gasteiger partial charge on any atom is 0.255 e. The van der Waals surface area contributed by atoms with Gasteiger partial charge in [-0.15, -0.1) is 0 Å². The predicted molar refractivity (Wildman–Crippen MR) is 84.7 cm³/mol. The van der Waals surface area contributed by atoms with Crippen LogP contribution in [0.25, 0.3) is 0 Å². The van der Waals surface area contributed by atoms with Crippen LogP contribution in [-0.2, 0) is 0 Å². The highest BCUT2D eigenvalue weighted by atomic mass is 127. The third-order valence-corrected chi connectivity index (χ3v) is 5.21. The average molecular weight is 391 g/mol. The first-order valence-corrected chi connectivity index (χ1v) is 8.09. The maximum atomic E-state index is 12.6. The van der Waals surface area contributed by atoms with Crippen LogP contribution in [0.3, 0.4) is 0 Å². The van der Waals surface area contributed by atoms with E-state index in [1.807, 2.05) is 17.0 Å². The van der Waals surface area contributed by atoms with Gasteiger partial charge in [-0.05, 0) is 60.2 Å². The number of rotatable bonds is 1. The van der Waals surface area contributed by atoms with E-state index < -0.39 is 0 Å². The number of hydrogen-bond acceptors (Lipinski definition) is 2. The molecule has 0 aliphatic carbocycles. The molecule has 0 bridgehead atoms. The van der Waals surface area contributed by atoms with Gasteiger partial charge in [0.25, 0.3) is 5.91 Å². The summed E-state index contributed by atoms with van der Waals surface area (Å²) in [5.41, 5.74) is 0.736. The highest BCUT2D eigenvalue weighted by Gasteiger charge is 2.33. The van der Waals surface area contributed by atoms with Crippen LogP contribution in [0.5, 0.6) is 0 Å². The molecule has 1 aromatic carbocycles. The van der Waals surface area contributed by atoms with Crippen LogP contribution in [0.2, 0.25) is 5.02 Å². The van der Waals surface area contributed by atoms with Gasteiger partial charge in [-0.2, -0.15) is 0 Å². The van der Waals surface area contributed by atoms with Gasteiger partial charge in [-0.3, -0.25) is 9.69 Å². The predicted octanol–water partition coefficient (Wildman–Crippen LogP) is 2.86. The minimum Gasteiger partial charge on any atom is -0.336 e. The third kappa shape index (κ3) is 2.76. The van der Waals surface area contributed by atoms with E-state index in [4.69, 9.17) is 11.6 Å². The zero-order chi connectivity index (χ0) is 13.4. The number of amides is 1. The van der Waals surface area contributed by atoms with Crippen molar-refractivity contribution in [3.05, 3.63) is 32.4 Å². The molecule has 0 aromatic heterocycles. The summed E-state index contributed by atoms with van der Waals surface area (Å²) in [6, 6.07) is 6.08. The summed E-state index contributed by atoms with van der Waals surface area (Å²) < 4.78 is 0.973. The minimum atomic E-state index is 0.124. The average Bonchev–Trinajstić information content (AvgIpc) is 2.88. The lowest BCUT2D eigenvalue weighted by molar-refractivity contribution is 0.0570. The van der Waals surface area contributed by atoms with Crippen LogP contribution in [-0.4, -0.2) is 47.9 Å². The third-order valence-electron chi connectivity index (χ3n) is 4.03. The quantitative estimate of drug-likeness (QED) is 0.689. The molecular weight excluding hydrogens is 375 g/mol. The first kappa shape index (κ1) is 13.6. The molecular formula is C14H16ClIN2O. The molecule has 1 unspecified atom stereocenters. The Bertz CT molecular complexity index is 508. The second-order valence-electron chi connectivity index (χ2n) is 5.21. The summed E-state index contributed by atoms with van der Waals surface area (Å²) in [5, 5.41) is 0.628. The smallest absolute Gasteiger partial charge is 0.255 e. The molecule has 2 aliphatic heterocycles. The second kappa shape index (κ2) is 5.58. The van der Waals surface area contributed by atoms with Crippen molar-refractivity contribution in [3.63, 3.8) is 0 Å². The largest absolute Gasteiger partial charge is 0.336 e.